The molecular weight excluding hydrogens is 469 g/mol. The van der Waals surface area contributed by atoms with Gasteiger partial charge in [-0.3, -0.25) is 9.89 Å². The van der Waals surface area contributed by atoms with Crippen molar-refractivity contribution in [3.8, 4) is 0 Å². The van der Waals surface area contributed by atoms with E-state index in [2.05, 4.69) is 27.4 Å². The Hall–Kier alpha value is -0.870. The molecule has 0 amide bonds. The number of guanidine groups is 1. The molecule has 28 heavy (non-hydrogen) atoms. The lowest BCUT2D eigenvalue weighted by atomic mass is 9.97. The third kappa shape index (κ3) is 9.09. The fourth-order valence-corrected chi connectivity index (χ4v) is 3.21. The summed E-state index contributed by atoms with van der Waals surface area (Å²) in [6.45, 7) is 15.3. The number of halogens is 1. The molecule has 1 aliphatic rings. The maximum atomic E-state index is 5.71. The van der Waals surface area contributed by atoms with E-state index in [9.17, 15) is 0 Å². The Morgan fingerprint density at radius 1 is 1.25 bits per heavy atom. The molecule has 1 aromatic rings. The number of hydrogen-bond acceptors (Lipinski definition) is 5. The number of rotatable bonds is 10. The van der Waals surface area contributed by atoms with Crippen LogP contribution in [0.3, 0.4) is 0 Å². The molecule has 0 spiro atoms. The first kappa shape index (κ1) is 25.2. The minimum atomic E-state index is 0. The first-order valence-corrected chi connectivity index (χ1v) is 10.4. The number of likely N-dealkylation sites (tertiary alicyclic amines) is 1. The summed E-state index contributed by atoms with van der Waals surface area (Å²) in [6, 6.07) is 0. The Bertz CT molecular complexity index is 551. The normalized spacial score (nSPS) is 16.1. The largest absolute Gasteiger partial charge is 0.444 e. The van der Waals surface area contributed by atoms with Crippen molar-refractivity contribution in [2.24, 2.45) is 10.9 Å². The summed E-state index contributed by atoms with van der Waals surface area (Å²) < 4.78 is 11.1. The average Bonchev–Trinajstić information content (AvgIpc) is 2.97. The van der Waals surface area contributed by atoms with E-state index in [1.165, 1.54) is 12.8 Å². The molecule has 0 saturated carbocycles. The standard InChI is InChI=1S/C20H37N5O2.HI/c1-5-21-20(22-10-7-13-26-6-2)23-14-18-8-11-25(12-9-18)15-19-24-16(3)17(4)27-19;/h18H,5-15H2,1-4H3,(H2,21,22,23);1H. The van der Waals surface area contributed by atoms with Gasteiger partial charge >= 0.3 is 0 Å². The Kier molecular flexibility index (Phi) is 12.7. The molecule has 1 fully saturated rings. The zero-order valence-corrected chi connectivity index (χ0v) is 20.3. The highest BCUT2D eigenvalue weighted by Gasteiger charge is 2.20. The van der Waals surface area contributed by atoms with Crippen molar-refractivity contribution in [1.82, 2.24) is 20.5 Å². The SMILES string of the molecule is CCNC(=NCC1CCN(Cc2nc(C)c(C)o2)CC1)NCCCOCC.I. The van der Waals surface area contributed by atoms with Gasteiger partial charge in [0.1, 0.15) is 5.76 Å². The van der Waals surface area contributed by atoms with Gasteiger partial charge in [0, 0.05) is 32.8 Å². The van der Waals surface area contributed by atoms with E-state index in [-0.39, 0.29) is 24.0 Å². The molecule has 8 heteroatoms. The molecule has 0 radical (unpaired) electrons. The summed E-state index contributed by atoms with van der Waals surface area (Å²) >= 11 is 0. The van der Waals surface area contributed by atoms with Gasteiger partial charge in [0.05, 0.1) is 12.2 Å². The van der Waals surface area contributed by atoms with Gasteiger partial charge in [0.25, 0.3) is 0 Å². The van der Waals surface area contributed by atoms with Crippen molar-refractivity contribution < 1.29 is 9.15 Å². The molecule has 0 atom stereocenters. The lowest BCUT2D eigenvalue weighted by Crippen LogP contribution is -2.39. The molecular formula is C20H38IN5O2. The minimum absolute atomic E-state index is 0. The number of hydrogen-bond donors (Lipinski definition) is 2. The molecule has 162 valence electrons. The Labute approximate surface area is 187 Å². The summed E-state index contributed by atoms with van der Waals surface area (Å²) in [7, 11) is 0. The quantitative estimate of drug-likeness (QED) is 0.220. The first-order chi connectivity index (χ1) is 13.1. The fourth-order valence-electron chi connectivity index (χ4n) is 3.21. The van der Waals surface area contributed by atoms with Gasteiger partial charge in [-0.25, -0.2) is 4.98 Å². The van der Waals surface area contributed by atoms with Crippen molar-refractivity contribution in [3.63, 3.8) is 0 Å². The van der Waals surface area contributed by atoms with Crippen LogP contribution in [0.15, 0.2) is 9.41 Å². The maximum absolute atomic E-state index is 5.71. The summed E-state index contributed by atoms with van der Waals surface area (Å²) in [6.07, 6.45) is 3.34. The van der Waals surface area contributed by atoms with Crippen LogP contribution in [-0.4, -0.2) is 61.8 Å². The van der Waals surface area contributed by atoms with Crippen LogP contribution in [0.5, 0.6) is 0 Å². The van der Waals surface area contributed by atoms with Crippen LogP contribution in [0.25, 0.3) is 0 Å². The smallest absolute Gasteiger partial charge is 0.208 e. The van der Waals surface area contributed by atoms with E-state index in [1.807, 2.05) is 20.8 Å². The van der Waals surface area contributed by atoms with E-state index < -0.39 is 0 Å². The van der Waals surface area contributed by atoms with E-state index in [0.717, 1.165) is 82.2 Å². The molecule has 1 aliphatic heterocycles. The number of nitrogens with one attached hydrogen (secondary N) is 2. The van der Waals surface area contributed by atoms with Gasteiger partial charge in [0.15, 0.2) is 5.96 Å². The maximum Gasteiger partial charge on any atom is 0.208 e. The van der Waals surface area contributed by atoms with Gasteiger partial charge in [0.2, 0.25) is 5.89 Å². The second kappa shape index (κ2) is 14.2. The lowest BCUT2D eigenvalue weighted by Gasteiger charge is -2.30. The summed E-state index contributed by atoms with van der Waals surface area (Å²) in [5.74, 6) is 3.33. The van der Waals surface area contributed by atoms with Crippen LogP contribution in [-0.2, 0) is 11.3 Å². The molecule has 0 aromatic carbocycles. The van der Waals surface area contributed by atoms with Crippen LogP contribution >= 0.6 is 24.0 Å². The molecule has 2 N–H and O–H groups in total. The molecule has 0 unspecified atom stereocenters. The second-order valence-electron chi connectivity index (χ2n) is 7.17. The van der Waals surface area contributed by atoms with Crippen molar-refractivity contribution >= 4 is 29.9 Å². The summed E-state index contributed by atoms with van der Waals surface area (Å²) in [4.78, 5) is 11.7. The zero-order chi connectivity index (χ0) is 19.5. The second-order valence-corrected chi connectivity index (χ2v) is 7.17. The zero-order valence-electron chi connectivity index (χ0n) is 17.9. The first-order valence-electron chi connectivity index (χ1n) is 10.4. The van der Waals surface area contributed by atoms with Crippen LogP contribution in [0.4, 0.5) is 0 Å². The van der Waals surface area contributed by atoms with Crippen LogP contribution in [0.2, 0.25) is 0 Å². The third-order valence-corrected chi connectivity index (χ3v) is 4.95. The highest BCUT2D eigenvalue weighted by molar-refractivity contribution is 14.0. The summed E-state index contributed by atoms with van der Waals surface area (Å²) in [5.41, 5.74) is 0.999. The number of aliphatic imine (C=N–C) groups is 1. The highest BCUT2D eigenvalue weighted by Crippen LogP contribution is 2.20. The molecule has 1 aromatic heterocycles. The molecule has 2 heterocycles. The van der Waals surface area contributed by atoms with Crippen molar-refractivity contribution in [1.29, 1.82) is 0 Å². The predicted molar refractivity (Wildman–Crippen MR) is 124 cm³/mol. The molecule has 1 saturated heterocycles. The van der Waals surface area contributed by atoms with Crippen molar-refractivity contribution in [3.05, 3.63) is 17.3 Å². The van der Waals surface area contributed by atoms with Crippen molar-refractivity contribution in [2.75, 3.05) is 45.9 Å². The number of piperidine rings is 1. The van der Waals surface area contributed by atoms with Crippen molar-refractivity contribution in [2.45, 2.75) is 53.5 Å². The van der Waals surface area contributed by atoms with Gasteiger partial charge in [-0.1, -0.05) is 0 Å². The monoisotopic (exact) mass is 507 g/mol. The van der Waals surface area contributed by atoms with Crippen LogP contribution in [0.1, 0.15) is 50.5 Å². The number of ether oxygens (including phenoxy) is 1. The van der Waals surface area contributed by atoms with Crippen LogP contribution in [0, 0.1) is 19.8 Å². The lowest BCUT2D eigenvalue weighted by molar-refractivity contribution is 0.145. The van der Waals surface area contributed by atoms with Crippen LogP contribution < -0.4 is 10.6 Å². The fraction of sp³-hybridized carbons (Fsp3) is 0.800. The molecule has 0 bridgehead atoms. The minimum Gasteiger partial charge on any atom is -0.444 e. The number of aromatic nitrogens is 1. The number of nitrogens with zero attached hydrogens (tertiary/aromatic N) is 3. The van der Waals surface area contributed by atoms with E-state index in [4.69, 9.17) is 14.1 Å². The van der Waals surface area contributed by atoms with Gasteiger partial charge < -0.3 is 19.8 Å². The number of oxazole rings is 1. The highest BCUT2D eigenvalue weighted by atomic mass is 127. The Morgan fingerprint density at radius 2 is 2.00 bits per heavy atom. The topological polar surface area (TPSA) is 74.9 Å². The van der Waals surface area contributed by atoms with Gasteiger partial charge in [-0.2, -0.15) is 0 Å². The van der Waals surface area contributed by atoms with Gasteiger partial charge in [-0.15, -0.1) is 24.0 Å². The molecule has 7 nitrogen and oxygen atoms in total. The van der Waals surface area contributed by atoms with E-state index in [1.54, 1.807) is 0 Å². The van der Waals surface area contributed by atoms with E-state index >= 15 is 0 Å². The molecule has 2 rings (SSSR count). The predicted octanol–water partition coefficient (Wildman–Crippen LogP) is 3.10. The third-order valence-electron chi connectivity index (χ3n) is 4.95. The average molecular weight is 507 g/mol. The molecule has 0 aliphatic carbocycles. The Balaban J connectivity index is 0.00000392. The van der Waals surface area contributed by atoms with E-state index in [0.29, 0.717) is 5.92 Å². The summed E-state index contributed by atoms with van der Waals surface area (Å²) in [5, 5.41) is 6.73. The Morgan fingerprint density at radius 3 is 2.61 bits per heavy atom. The number of aryl methyl sites for hydroxylation is 2. The van der Waals surface area contributed by atoms with Gasteiger partial charge in [-0.05, 0) is 66.0 Å².